The van der Waals surface area contributed by atoms with Gasteiger partial charge in [0.1, 0.15) is 0 Å². The number of aryl methyl sites for hydroxylation is 1. The van der Waals surface area contributed by atoms with E-state index in [9.17, 15) is 8.42 Å². The average molecular weight is 230 g/mol. The van der Waals surface area contributed by atoms with Gasteiger partial charge in [-0.05, 0) is 24.6 Å². The van der Waals surface area contributed by atoms with Gasteiger partial charge in [0.05, 0.1) is 22.9 Å². The van der Waals surface area contributed by atoms with Crippen molar-refractivity contribution in [3.63, 3.8) is 0 Å². The van der Waals surface area contributed by atoms with Gasteiger partial charge in [-0.25, -0.2) is 8.42 Å². The summed E-state index contributed by atoms with van der Waals surface area (Å²) in [6.45, 7) is 1.31. The SMILES string of the molecule is Cc1cc(N)c(S(=O)(=O)CCO)cc1N. The number of aliphatic hydroxyl groups excluding tert-OH is 1. The fourth-order valence-corrected chi connectivity index (χ4v) is 2.41. The molecule has 15 heavy (non-hydrogen) atoms. The number of aliphatic hydroxyl groups is 1. The lowest BCUT2D eigenvalue weighted by Gasteiger charge is -2.09. The first-order valence-corrected chi connectivity index (χ1v) is 6.03. The van der Waals surface area contributed by atoms with E-state index in [-0.39, 0.29) is 16.3 Å². The Bertz CT molecular complexity index is 468. The van der Waals surface area contributed by atoms with E-state index in [2.05, 4.69) is 0 Å². The summed E-state index contributed by atoms with van der Waals surface area (Å²) in [5.41, 5.74) is 12.5. The van der Waals surface area contributed by atoms with Crippen LogP contribution in [0.1, 0.15) is 5.56 Å². The zero-order valence-electron chi connectivity index (χ0n) is 8.40. The first kappa shape index (κ1) is 11.8. The van der Waals surface area contributed by atoms with Crippen LogP contribution in [0.15, 0.2) is 17.0 Å². The fraction of sp³-hybridized carbons (Fsp3) is 0.333. The quantitative estimate of drug-likeness (QED) is 0.630. The van der Waals surface area contributed by atoms with Crippen LogP contribution in [0, 0.1) is 6.92 Å². The fourth-order valence-electron chi connectivity index (χ4n) is 1.23. The smallest absolute Gasteiger partial charge is 0.182 e. The summed E-state index contributed by atoms with van der Waals surface area (Å²) in [4.78, 5) is -0.0142. The van der Waals surface area contributed by atoms with Gasteiger partial charge < -0.3 is 16.6 Å². The molecule has 0 atom stereocenters. The second-order valence-corrected chi connectivity index (χ2v) is 5.37. The van der Waals surface area contributed by atoms with Gasteiger partial charge in [-0.15, -0.1) is 0 Å². The van der Waals surface area contributed by atoms with Crippen molar-refractivity contribution in [2.75, 3.05) is 23.8 Å². The predicted molar refractivity (Wildman–Crippen MR) is 59.1 cm³/mol. The monoisotopic (exact) mass is 230 g/mol. The van der Waals surface area contributed by atoms with Crippen molar-refractivity contribution in [3.05, 3.63) is 17.7 Å². The topological polar surface area (TPSA) is 106 Å². The molecule has 0 saturated carbocycles. The molecular weight excluding hydrogens is 216 g/mol. The van der Waals surface area contributed by atoms with Crippen LogP contribution in [-0.2, 0) is 9.84 Å². The Kier molecular flexibility index (Phi) is 3.21. The molecule has 6 heteroatoms. The molecule has 1 aromatic rings. The van der Waals surface area contributed by atoms with E-state index < -0.39 is 16.4 Å². The van der Waals surface area contributed by atoms with E-state index in [4.69, 9.17) is 16.6 Å². The Morgan fingerprint density at radius 1 is 1.27 bits per heavy atom. The molecule has 5 N–H and O–H groups in total. The number of rotatable bonds is 3. The maximum Gasteiger partial charge on any atom is 0.182 e. The largest absolute Gasteiger partial charge is 0.398 e. The van der Waals surface area contributed by atoms with Crippen molar-refractivity contribution in [1.29, 1.82) is 0 Å². The molecule has 1 rings (SSSR count). The van der Waals surface area contributed by atoms with Gasteiger partial charge in [0.2, 0.25) is 0 Å². The van der Waals surface area contributed by atoms with Gasteiger partial charge in [-0.2, -0.15) is 0 Å². The normalized spacial score (nSPS) is 11.6. The van der Waals surface area contributed by atoms with Crippen molar-refractivity contribution in [1.82, 2.24) is 0 Å². The van der Waals surface area contributed by atoms with Crippen LogP contribution < -0.4 is 11.5 Å². The van der Waals surface area contributed by atoms with Gasteiger partial charge >= 0.3 is 0 Å². The van der Waals surface area contributed by atoms with E-state index in [1.807, 2.05) is 0 Å². The molecule has 1 aromatic carbocycles. The molecular formula is C9H14N2O3S. The molecule has 0 fully saturated rings. The van der Waals surface area contributed by atoms with Crippen LogP contribution in [0.25, 0.3) is 0 Å². The van der Waals surface area contributed by atoms with Gasteiger partial charge in [0, 0.05) is 5.69 Å². The van der Waals surface area contributed by atoms with Crippen LogP contribution in [0.5, 0.6) is 0 Å². The molecule has 0 heterocycles. The van der Waals surface area contributed by atoms with Crippen molar-refractivity contribution in [2.24, 2.45) is 0 Å². The number of nitrogen functional groups attached to an aromatic ring is 2. The maximum atomic E-state index is 11.6. The highest BCUT2D eigenvalue weighted by atomic mass is 32.2. The lowest BCUT2D eigenvalue weighted by Crippen LogP contribution is -2.13. The third-order valence-electron chi connectivity index (χ3n) is 2.09. The number of hydrogen-bond acceptors (Lipinski definition) is 5. The molecule has 84 valence electrons. The Morgan fingerprint density at radius 2 is 1.87 bits per heavy atom. The second kappa shape index (κ2) is 4.08. The molecule has 0 aliphatic rings. The third kappa shape index (κ3) is 2.40. The minimum absolute atomic E-state index is 0.0142. The van der Waals surface area contributed by atoms with Gasteiger partial charge in [-0.1, -0.05) is 0 Å². The van der Waals surface area contributed by atoms with Crippen LogP contribution in [0.4, 0.5) is 11.4 Å². The minimum Gasteiger partial charge on any atom is -0.398 e. The average Bonchev–Trinajstić information content (AvgIpc) is 2.11. The van der Waals surface area contributed by atoms with Crippen LogP contribution >= 0.6 is 0 Å². The Morgan fingerprint density at radius 3 is 2.40 bits per heavy atom. The van der Waals surface area contributed by atoms with Crippen molar-refractivity contribution in [3.8, 4) is 0 Å². The molecule has 5 nitrogen and oxygen atoms in total. The highest BCUT2D eigenvalue weighted by Gasteiger charge is 2.18. The zero-order chi connectivity index (χ0) is 11.6. The summed E-state index contributed by atoms with van der Waals surface area (Å²) in [6.07, 6.45) is 0. The molecule has 0 unspecified atom stereocenters. The summed E-state index contributed by atoms with van der Waals surface area (Å²) in [5.74, 6) is -0.348. The summed E-state index contributed by atoms with van der Waals surface area (Å²) >= 11 is 0. The standard InChI is InChI=1S/C9H14N2O3S/c1-6-4-8(11)9(5-7(6)10)15(13,14)3-2-12/h4-5,12H,2-3,10-11H2,1H3. The number of benzene rings is 1. The molecule has 0 amide bonds. The summed E-state index contributed by atoms with van der Waals surface area (Å²) < 4.78 is 23.2. The summed E-state index contributed by atoms with van der Waals surface area (Å²) in [7, 11) is -3.54. The maximum absolute atomic E-state index is 11.6. The number of anilines is 2. The van der Waals surface area contributed by atoms with E-state index in [1.54, 1.807) is 6.92 Å². The van der Waals surface area contributed by atoms with Gasteiger partial charge in [0.25, 0.3) is 0 Å². The Hall–Kier alpha value is -1.27. The van der Waals surface area contributed by atoms with E-state index in [0.29, 0.717) is 5.69 Å². The van der Waals surface area contributed by atoms with E-state index in [1.165, 1.54) is 12.1 Å². The highest BCUT2D eigenvalue weighted by Crippen LogP contribution is 2.25. The summed E-state index contributed by atoms with van der Waals surface area (Å²) in [6, 6.07) is 2.84. The first-order chi connectivity index (χ1) is 6.88. The molecule has 0 aliphatic carbocycles. The van der Waals surface area contributed by atoms with E-state index in [0.717, 1.165) is 5.56 Å². The van der Waals surface area contributed by atoms with E-state index >= 15 is 0 Å². The predicted octanol–water partition coefficient (Wildman–Crippen LogP) is -0.0746. The Labute approximate surface area is 88.6 Å². The molecule has 0 radical (unpaired) electrons. The van der Waals surface area contributed by atoms with Gasteiger partial charge in [0.15, 0.2) is 9.84 Å². The van der Waals surface area contributed by atoms with Crippen LogP contribution in [0.3, 0.4) is 0 Å². The molecule has 0 aliphatic heterocycles. The van der Waals surface area contributed by atoms with Crippen molar-refractivity contribution >= 4 is 21.2 Å². The van der Waals surface area contributed by atoms with Crippen LogP contribution in [-0.4, -0.2) is 25.9 Å². The number of sulfone groups is 1. The summed E-state index contributed by atoms with van der Waals surface area (Å²) in [5, 5.41) is 8.63. The Balaban J connectivity index is 3.33. The molecule has 0 aromatic heterocycles. The first-order valence-electron chi connectivity index (χ1n) is 4.37. The number of hydrogen-bond donors (Lipinski definition) is 3. The van der Waals surface area contributed by atoms with Crippen LogP contribution in [0.2, 0.25) is 0 Å². The second-order valence-electron chi connectivity index (χ2n) is 3.29. The highest BCUT2D eigenvalue weighted by molar-refractivity contribution is 7.91. The number of nitrogens with two attached hydrogens (primary N) is 2. The molecule has 0 saturated heterocycles. The van der Waals surface area contributed by atoms with Gasteiger partial charge in [-0.3, -0.25) is 0 Å². The van der Waals surface area contributed by atoms with Crippen molar-refractivity contribution < 1.29 is 13.5 Å². The molecule has 0 bridgehead atoms. The van der Waals surface area contributed by atoms with Crippen molar-refractivity contribution in [2.45, 2.75) is 11.8 Å². The zero-order valence-corrected chi connectivity index (χ0v) is 9.21. The lowest BCUT2D eigenvalue weighted by atomic mass is 10.2. The molecule has 0 spiro atoms. The third-order valence-corrected chi connectivity index (χ3v) is 3.84. The lowest BCUT2D eigenvalue weighted by molar-refractivity contribution is 0.319. The minimum atomic E-state index is -3.54.